The van der Waals surface area contributed by atoms with E-state index in [1.807, 2.05) is 0 Å². The van der Waals surface area contributed by atoms with Gasteiger partial charge >= 0.3 is 5.97 Å². The molecule has 1 aromatic rings. The molecule has 0 aromatic heterocycles. The van der Waals surface area contributed by atoms with Crippen molar-refractivity contribution >= 4 is 5.97 Å². The minimum Gasteiger partial charge on any atom is -0.479 e. The van der Waals surface area contributed by atoms with Gasteiger partial charge in [-0.3, -0.25) is 0 Å². The summed E-state index contributed by atoms with van der Waals surface area (Å²) in [5.74, 6) is -0.846. The van der Waals surface area contributed by atoms with Gasteiger partial charge in [0, 0.05) is 19.7 Å². The van der Waals surface area contributed by atoms with Crippen molar-refractivity contribution in [1.29, 1.82) is 0 Å². The zero-order chi connectivity index (χ0) is 14.0. The van der Waals surface area contributed by atoms with Crippen LogP contribution in [0, 0.1) is 0 Å². The van der Waals surface area contributed by atoms with Crippen molar-refractivity contribution in [2.45, 2.75) is 44.2 Å². The number of nitrogens with one attached hydrogen (secondary N) is 1. The molecule has 1 aliphatic carbocycles. The van der Waals surface area contributed by atoms with Gasteiger partial charge in [-0.1, -0.05) is 18.2 Å². The first-order valence-electron chi connectivity index (χ1n) is 7.39. The number of aliphatic carboxylic acids is 1. The van der Waals surface area contributed by atoms with Gasteiger partial charge in [-0.2, -0.15) is 0 Å². The van der Waals surface area contributed by atoms with Crippen LogP contribution >= 0.6 is 0 Å². The zero-order valence-electron chi connectivity index (χ0n) is 11.7. The second kappa shape index (κ2) is 5.54. The largest absolute Gasteiger partial charge is 0.479 e. The van der Waals surface area contributed by atoms with Gasteiger partial charge in [0.25, 0.3) is 0 Å². The van der Waals surface area contributed by atoms with E-state index in [2.05, 4.69) is 23.5 Å². The number of fused-ring (bicyclic) bond motifs is 1. The molecule has 1 atom stereocenters. The van der Waals surface area contributed by atoms with Crippen molar-refractivity contribution in [3.63, 3.8) is 0 Å². The summed E-state index contributed by atoms with van der Waals surface area (Å²) in [6.07, 6.45) is 4.98. The Labute approximate surface area is 119 Å². The highest BCUT2D eigenvalue weighted by molar-refractivity contribution is 5.78. The van der Waals surface area contributed by atoms with Crippen molar-refractivity contribution in [2.75, 3.05) is 13.2 Å². The maximum atomic E-state index is 11.4. The third-order valence-corrected chi connectivity index (χ3v) is 4.46. The summed E-state index contributed by atoms with van der Waals surface area (Å²) in [6, 6.07) is 6.44. The lowest BCUT2D eigenvalue weighted by Crippen LogP contribution is -2.46. The Hall–Kier alpha value is -1.39. The molecule has 1 fully saturated rings. The zero-order valence-corrected chi connectivity index (χ0v) is 11.7. The van der Waals surface area contributed by atoms with Crippen LogP contribution < -0.4 is 5.32 Å². The topological polar surface area (TPSA) is 58.6 Å². The fourth-order valence-corrected chi connectivity index (χ4v) is 3.34. The van der Waals surface area contributed by atoms with Gasteiger partial charge in [0.2, 0.25) is 0 Å². The van der Waals surface area contributed by atoms with Crippen molar-refractivity contribution in [1.82, 2.24) is 5.32 Å². The minimum atomic E-state index is -1.02. The van der Waals surface area contributed by atoms with Gasteiger partial charge in [0.1, 0.15) is 0 Å². The van der Waals surface area contributed by atoms with Crippen LogP contribution in [0.3, 0.4) is 0 Å². The highest BCUT2D eigenvalue weighted by Gasteiger charge is 2.42. The molecule has 1 aromatic carbocycles. The first-order chi connectivity index (χ1) is 9.71. The normalized spacial score (nSPS) is 24.8. The molecule has 4 heteroatoms. The number of rotatable bonds is 5. The standard InChI is InChI=1S/C16H21NO3/c18-15(19)16(8-3-9-20-16)11-17-10-13-6-1-4-12-5-2-7-14(12)13/h1,4,6,17H,2-3,5,7-11H2,(H,18,19). The van der Waals surface area contributed by atoms with Crippen LogP contribution in [0.25, 0.3) is 0 Å². The predicted molar refractivity (Wildman–Crippen MR) is 75.7 cm³/mol. The number of carbonyl (C=O) groups is 1. The number of carboxylic acid groups (broad SMARTS) is 1. The van der Waals surface area contributed by atoms with Gasteiger partial charge in [-0.25, -0.2) is 4.79 Å². The number of carboxylic acids is 1. The number of ether oxygens (including phenoxy) is 1. The number of aryl methyl sites for hydroxylation is 1. The molecule has 0 amide bonds. The van der Waals surface area contributed by atoms with E-state index in [4.69, 9.17) is 4.74 Å². The summed E-state index contributed by atoms with van der Waals surface area (Å²) < 4.78 is 5.47. The lowest BCUT2D eigenvalue weighted by atomic mass is 9.99. The molecule has 2 N–H and O–H groups in total. The van der Waals surface area contributed by atoms with Gasteiger partial charge < -0.3 is 15.2 Å². The Bertz CT molecular complexity index is 506. The van der Waals surface area contributed by atoms with Crippen LogP contribution in [0.15, 0.2) is 18.2 Å². The fourth-order valence-electron chi connectivity index (χ4n) is 3.34. The molecule has 1 aliphatic heterocycles. The van der Waals surface area contributed by atoms with Crippen molar-refractivity contribution in [2.24, 2.45) is 0 Å². The Morgan fingerprint density at radius 1 is 1.35 bits per heavy atom. The summed E-state index contributed by atoms with van der Waals surface area (Å²) in [7, 11) is 0. The second-order valence-corrected chi connectivity index (χ2v) is 5.76. The quantitative estimate of drug-likeness (QED) is 0.861. The van der Waals surface area contributed by atoms with Crippen LogP contribution in [0.4, 0.5) is 0 Å². The summed E-state index contributed by atoms with van der Waals surface area (Å²) in [4.78, 5) is 11.4. The lowest BCUT2D eigenvalue weighted by Gasteiger charge is -2.24. The van der Waals surface area contributed by atoms with E-state index >= 15 is 0 Å². The Morgan fingerprint density at radius 3 is 3.00 bits per heavy atom. The molecule has 108 valence electrons. The molecular formula is C16H21NO3. The van der Waals surface area contributed by atoms with E-state index in [-0.39, 0.29) is 0 Å². The van der Waals surface area contributed by atoms with E-state index in [0.717, 1.165) is 19.4 Å². The van der Waals surface area contributed by atoms with Crippen LogP contribution in [-0.4, -0.2) is 29.8 Å². The van der Waals surface area contributed by atoms with E-state index in [0.29, 0.717) is 19.6 Å². The number of benzene rings is 1. The van der Waals surface area contributed by atoms with Crippen molar-refractivity contribution in [3.8, 4) is 0 Å². The Morgan fingerprint density at radius 2 is 2.25 bits per heavy atom. The van der Waals surface area contributed by atoms with E-state index in [1.165, 1.54) is 29.5 Å². The predicted octanol–water partition coefficient (Wildman–Crippen LogP) is 1.90. The van der Waals surface area contributed by atoms with Gasteiger partial charge in [0.15, 0.2) is 5.60 Å². The molecular weight excluding hydrogens is 254 g/mol. The highest BCUT2D eigenvalue weighted by Crippen LogP contribution is 2.27. The van der Waals surface area contributed by atoms with E-state index < -0.39 is 11.6 Å². The third kappa shape index (κ3) is 2.45. The van der Waals surface area contributed by atoms with Crippen LogP contribution in [0.2, 0.25) is 0 Å². The van der Waals surface area contributed by atoms with Gasteiger partial charge in [-0.05, 0) is 48.8 Å². The average Bonchev–Trinajstić information content (AvgIpc) is 3.08. The van der Waals surface area contributed by atoms with Crippen LogP contribution in [0.5, 0.6) is 0 Å². The average molecular weight is 275 g/mol. The summed E-state index contributed by atoms with van der Waals surface area (Å²) in [5, 5.41) is 12.6. The molecule has 0 bridgehead atoms. The highest BCUT2D eigenvalue weighted by atomic mass is 16.5. The number of hydrogen-bond donors (Lipinski definition) is 2. The molecule has 4 nitrogen and oxygen atoms in total. The second-order valence-electron chi connectivity index (χ2n) is 5.76. The van der Waals surface area contributed by atoms with E-state index in [1.54, 1.807) is 0 Å². The van der Waals surface area contributed by atoms with Crippen LogP contribution in [0.1, 0.15) is 36.0 Å². The van der Waals surface area contributed by atoms with E-state index in [9.17, 15) is 9.90 Å². The Balaban J connectivity index is 1.63. The molecule has 1 heterocycles. The minimum absolute atomic E-state index is 0.381. The maximum Gasteiger partial charge on any atom is 0.337 e. The molecule has 20 heavy (non-hydrogen) atoms. The molecule has 1 unspecified atom stereocenters. The summed E-state index contributed by atoms with van der Waals surface area (Å²) in [6.45, 7) is 1.66. The van der Waals surface area contributed by atoms with Crippen molar-refractivity contribution < 1.29 is 14.6 Å². The molecule has 3 rings (SSSR count). The van der Waals surface area contributed by atoms with Crippen molar-refractivity contribution in [3.05, 3.63) is 34.9 Å². The summed E-state index contributed by atoms with van der Waals surface area (Å²) in [5.41, 5.74) is 3.20. The van der Waals surface area contributed by atoms with Gasteiger partial charge in [-0.15, -0.1) is 0 Å². The molecule has 1 saturated heterocycles. The Kier molecular flexibility index (Phi) is 3.76. The molecule has 0 spiro atoms. The number of hydrogen-bond acceptors (Lipinski definition) is 3. The SMILES string of the molecule is O=C(O)C1(CNCc2cccc3c2CCC3)CCCO1. The maximum absolute atomic E-state index is 11.4. The molecule has 0 radical (unpaired) electrons. The smallest absolute Gasteiger partial charge is 0.337 e. The first kappa shape index (κ1) is 13.6. The van der Waals surface area contributed by atoms with Gasteiger partial charge in [0.05, 0.1) is 0 Å². The molecule has 2 aliphatic rings. The monoisotopic (exact) mass is 275 g/mol. The summed E-state index contributed by atoms with van der Waals surface area (Å²) >= 11 is 0. The van der Waals surface area contributed by atoms with Crippen LogP contribution in [-0.2, 0) is 28.9 Å². The lowest BCUT2D eigenvalue weighted by molar-refractivity contribution is -0.159. The fraction of sp³-hybridized carbons (Fsp3) is 0.562. The third-order valence-electron chi connectivity index (χ3n) is 4.46. The first-order valence-corrected chi connectivity index (χ1v) is 7.39. The molecule has 0 saturated carbocycles.